The molecule has 2 N–H and O–H groups in total. The Labute approximate surface area is 183 Å². The van der Waals surface area contributed by atoms with Gasteiger partial charge in [-0.15, -0.1) is 0 Å². The Kier molecular flexibility index (Phi) is 6.66. The lowest BCUT2D eigenvalue weighted by Crippen LogP contribution is -2.32. The van der Waals surface area contributed by atoms with E-state index in [2.05, 4.69) is 27.2 Å². The third-order valence-electron chi connectivity index (χ3n) is 4.89. The van der Waals surface area contributed by atoms with Crippen LogP contribution < -0.4 is 15.5 Å². The van der Waals surface area contributed by atoms with Gasteiger partial charge in [-0.2, -0.15) is 18.2 Å². The van der Waals surface area contributed by atoms with E-state index in [4.69, 9.17) is 0 Å². The Bertz CT molecular complexity index is 1010. The molecule has 0 unspecified atom stereocenters. The van der Waals surface area contributed by atoms with E-state index in [-0.39, 0.29) is 29.6 Å². The topological polar surface area (TPSA) is 90.5 Å². The maximum atomic E-state index is 13.2. The van der Waals surface area contributed by atoms with Crippen LogP contribution in [0.4, 0.5) is 30.6 Å². The summed E-state index contributed by atoms with van der Waals surface area (Å²) in [7, 11) is 2.96. The minimum absolute atomic E-state index is 0.0725. The summed E-state index contributed by atoms with van der Waals surface area (Å²) in [6.07, 6.45) is -2.05. The molecule has 2 heterocycles. The second kappa shape index (κ2) is 9.25. The summed E-state index contributed by atoms with van der Waals surface area (Å²) in [5.41, 5.74) is 0.0930. The number of alkyl halides is 3. The molecular formula is C21H23F3N6O2. The van der Waals surface area contributed by atoms with Gasteiger partial charge in [0.25, 0.3) is 5.91 Å². The van der Waals surface area contributed by atoms with Crippen LogP contribution in [0.1, 0.15) is 22.3 Å². The van der Waals surface area contributed by atoms with Gasteiger partial charge in [-0.25, -0.2) is 4.98 Å². The van der Waals surface area contributed by atoms with Crippen molar-refractivity contribution in [1.82, 2.24) is 14.9 Å². The largest absolute Gasteiger partial charge is 0.421 e. The highest BCUT2D eigenvalue weighted by atomic mass is 19.4. The summed E-state index contributed by atoms with van der Waals surface area (Å²) in [4.78, 5) is 34.8. The molecule has 2 amide bonds. The van der Waals surface area contributed by atoms with Gasteiger partial charge in [-0.05, 0) is 36.8 Å². The first-order valence-electron chi connectivity index (χ1n) is 9.79. The normalized spacial score (nSPS) is 15.9. The fraction of sp³-hybridized carbons (Fsp3) is 0.333. The monoisotopic (exact) mass is 448 g/mol. The molecule has 0 radical (unpaired) electrons. The molecule has 2 aromatic rings. The molecule has 1 aromatic heterocycles. The summed E-state index contributed by atoms with van der Waals surface area (Å²) < 4.78 is 39.5. The Morgan fingerprint density at radius 2 is 1.94 bits per heavy atom. The molecule has 32 heavy (non-hydrogen) atoms. The van der Waals surface area contributed by atoms with Gasteiger partial charge < -0.3 is 20.4 Å². The summed E-state index contributed by atoms with van der Waals surface area (Å²) in [5.74, 6) is -0.688. The number of rotatable bonds is 6. The lowest BCUT2D eigenvalue weighted by molar-refractivity contribution is -0.137. The van der Waals surface area contributed by atoms with Crippen LogP contribution in [0.5, 0.6) is 0 Å². The predicted octanol–water partition coefficient (Wildman–Crippen LogP) is 3.01. The number of hydrogen-bond donors (Lipinski definition) is 2. The maximum Gasteiger partial charge on any atom is 0.421 e. The number of carbonyl (C=O) groups is 2. The van der Waals surface area contributed by atoms with E-state index >= 15 is 0 Å². The first-order chi connectivity index (χ1) is 15.1. The van der Waals surface area contributed by atoms with Crippen molar-refractivity contribution in [1.29, 1.82) is 0 Å². The predicted molar refractivity (Wildman–Crippen MR) is 115 cm³/mol. The fourth-order valence-electron chi connectivity index (χ4n) is 3.30. The zero-order valence-corrected chi connectivity index (χ0v) is 17.6. The Morgan fingerprint density at radius 1 is 1.25 bits per heavy atom. The molecule has 1 saturated heterocycles. The molecule has 8 nitrogen and oxygen atoms in total. The number of aromatic nitrogens is 2. The fourth-order valence-corrected chi connectivity index (χ4v) is 3.30. The molecule has 0 spiro atoms. The number of nitrogens with zero attached hydrogens (tertiary/aromatic N) is 4. The molecule has 1 aliphatic heterocycles. The average molecular weight is 448 g/mol. The number of anilines is 3. The van der Waals surface area contributed by atoms with Gasteiger partial charge in [-0.3, -0.25) is 9.59 Å². The lowest BCUT2D eigenvalue weighted by atomic mass is 10.2. The summed E-state index contributed by atoms with van der Waals surface area (Å²) in [5, 5.41) is 5.63. The highest BCUT2D eigenvalue weighted by Crippen LogP contribution is 2.35. The molecule has 170 valence electrons. The van der Waals surface area contributed by atoms with Gasteiger partial charge >= 0.3 is 6.18 Å². The zero-order valence-electron chi connectivity index (χ0n) is 17.6. The number of halogens is 3. The van der Waals surface area contributed by atoms with E-state index in [1.807, 2.05) is 0 Å². The lowest BCUT2D eigenvalue weighted by Gasteiger charge is -2.20. The summed E-state index contributed by atoms with van der Waals surface area (Å²) >= 11 is 0. The van der Waals surface area contributed by atoms with Gasteiger partial charge in [0, 0.05) is 50.7 Å². The minimum atomic E-state index is -4.56. The second-order valence-electron chi connectivity index (χ2n) is 7.47. The van der Waals surface area contributed by atoms with Crippen molar-refractivity contribution in [3.05, 3.63) is 54.2 Å². The van der Waals surface area contributed by atoms with Gasteiger partial charge in [0.1, 0.15) is 11.4 Å². The molecule has 11 heteroatoms. The number of carbonyl (C=O) groups excluding carboxylic acids is 2. The number of benzene rings is 1. The smallest absolute Gasteiger partial charge is 0.362 e. The highest BCUT2D eigenvalue weighted by molar-refractivity contribution is 5.99. The van der Waals surface area contributed by atoms with E-state index in [9.17, 15) is 22.8 Å². The third kappa shape index (κ3) is 5.34. The van der Waals surface area contributed by atoms with Gasteiger partial charge in [0.2, 0.25) is 11.9 Å². The van der Waals surface area contributed by atoms with Crippen LogP contribution >= 0.6 is 0 Å². The number of amides is 2. The van der Waals surface area contributed by atoms with E-state index in [0.717, 1.165) is 12.3 Å². The van der Waals surface area contributed by atoms with Gasteiger partial charge in [0.15, 0.2) is 0 Å². The zero-order chi connectivity index (χ0) is 23.5. The van der Waals surface area contributed by atoms with Crippen LogP contribution in [0.25, 0.3) is 0 Å². The first-order valence-corrected chi connectivity index (χ1v) is 9.79. The molecule has 1 aromatic carbocycles. The van der Waals surface area contributed by atoms with Crippen molar-refractivity contribution in [3.63, 3.8) is 0 Å². The van der Waals surface area contributed by atoms with Crippen molar-refractivity contribution in [2.24, 2.45) is 0 Å². The molecule has 0 bridgehead atoms. The van der Waals surface area contributed by atoms with Crippen LogP contribution in [0.2, 0.25) is 0 Å². The Balaban J connectivity index is 1.64. The van der Waals surface area contributed by atoms with Crippen molar-refractivity contribution < 1.29 is 22.8 Å². The highest BCUT2D eigenvalue weighted by Gasteiger charge is 2.36. The molecule has 0 aliphatic carbocycles. The Morgan fingerprint density at radius 3 is 2.53 bits per heavy atom. The van der Waals surface area contributed by atoms with E-state index in [1.54, 1.807) is 29.2 Å². The first kappa shape index (κ1) is 23.0. The molecular weight excluding hydrogens is 425 g/mol. The number of nitrogens with one attached hydrogen (secondary N) is 2. The molecule has 1 atom stereocenters. The summed E-state index contributed by atoms with van der Waals surface area (Å²) in [6, 6.07) is 6.28. The third-order valence-corrected chi connectivity index (χ3v) is 4.89. The van der Waals surface area contributed by atoms with Crippen LogP contribution in [0, 0.1) is 0 Å². The Hall–Kier alpha value is -3.63. The molecule has 3 rings (SSSR count). The number of hydrogen-bond acceptors (Lipinski definition) is 6. The van der Waals surface area contributed by atoms with E-state index in [1.165, 1.54) is 19.0 Å². The van der Waals surface area contributed by atoms with Gasteiger partial charge in [0.05, 0.1) is 0 Å². The quantitative estimate of drug-likeness (QED) is 0.661. The molecule has 0 saturated carbocycles. The number of likely N-dealkylation sites (tertiary alicyclic amines) is 1. The second-order valence-corrected chi connectivity index (χ2v) is 7.47. The molecule has 1 fully saturated rings. The van der Waals surface area contributed by atoms with Crippen LogP contribution in [-0.2, 0) is 11.0 Å². The SMILES string of the molecule is C=CC(=O)Nc1ccc(C(=O)N2CC[C@@H](Nc3ncc(C(F)(F)F)c(N(C)C)n3)C2)cc1. The standard InChI is InChI=1S/C21H23F3N6O2/c1-4-17(31)26-14-7-5-13(6-8-14)19(32)30-10-9-15(12-30)27-20-25-11-16(21(22,23)24)18(28-20)29(2)3/h4-8,11,15H,1,9-10,12H2,2-3H3,(H,26,31)(H,25,27,28)/t15-/m1/s1. The van der Waals surface area contributed by atoms with Crippen molar-refractivity contribution in [3.8, 4) is 0 Å². The minimum Gasteiger partial charge on any atom is -0.362 e. The van der Waals surface area contributed by atoms with Crippen LogP contribution in [0.15, 0.2) is 43.1 Å². The average Bonchev–Trinajstić information content (AvgIpc) is 3.21. The van der Waals surface area contributed by atoms with Crippen molar-refractivity contribution in [2.45, 2.75) is 18.6 Å². The maximum absolute atomic E-state index is 13.2. The van der Waals surface area contributed by atoms with Crippen molar-refractivity contribution >= 4 is 29.3 Å². The van der Waals surface area contributed by atoms with E-state index < -0.39 is 11.7 Å². The van der Waals surface area contributed by atoms with Crippen LogP contribution in [-0.4, -0.2) is 59.9 Å². The van der Waals surface area contributed by atoms with Crippen LogP contribution in [0.3, 0.4) is 0 Å². The van der Waals surface area contributed by atoms with Crippen molar-refractivity contribution in [2.75, 3.05) is 42.7 Å². The summed E-state index contributed by atoms with van der Waals surface area (Å²) in [6.45, 7) is 4.22. The molecule has 1 aliphatic rings. The van der Waals surface area contributed by atoms with Gasteiger partial charge in [-0.1, -0.05) is 6.58 Å². The van der Waals surface area contributed by atoms with E-state index in [0.29, 0.717) is 30.8 Å².